The van der Waals surface area contributed by atoms with E-state index in [-0.39, 0.29) is 11.9 Å². The molecule has 0 bridgehead atoms. The van der Waals surface area contributed by atoms with Gasteiger partial charge >= 0.3 is 5.97 Å². The number of carbonyl (C=O) groups is 2. The van der Waals surface area contributed by atoms with Crippen molar-refractivity contribution in [2.75, 3.05) is 6.54 Å². The van der Waals surface area contributed by atoms with Crippen LogP contribution in [0.2, 0.25) is 0 Å². The Morgan fingerprint density at radius 2 is 1.96 bits per heavy atom. The van der Waals surface area contributed by atoms with E-state index in [1.807, 2.05) is 30.3 Å². The number of benzene rings is 1. The van der Waals surface area contributed by atoms with Crippen molar-refractivity contribution in [2.45, 2.75) is 31.7 Å². The molecule has 7 heteroatoms. The molecule has 3 atom stereocenters. The summed E-state index contributed by atoms with van der Waals surface area (Å²) in [6.07, 6.45) is 3.07. The second-order valence-electron chi connectivity index (χ2n) is 6.65. The minimum Gasteiger partial charge on any atom is -0.481 e. The molecule has 0 radical (unpaired) electrons. The third-order valence-electron chi connectivity index (χ3n) is 4.97. The number of piperidine rings is 1. The Morgan fingerprint density at radius 3 is 2.68 bits per heavy atom. The SMILES string of the molecule is O=C(O)[C@@H]1C[C@@H]1C(=O)N1CCCC[C@@H]1c1nc(-c2ccccc2)no1. The molecule has 130 valence electrons. The van der Waals surface area contributed by atoms with Gasteiger partial charge in [-0.05, 0) is 25.7 Å². The van der Waals surface area contributed by atoms with Crippen LogP contribution in [0.25, 0.3) is 11.4 Å². The summed E-state index contributed by atoms with van der Waals surface area (Å²) in [5.74, 6) is -1.01. The molecule has 1 aromatic carbocycles. The molecule has 1 aliphatic heterocycles. The van der Waals surface area contributed by atoms with Crippen LogP contribution in [0.4, 0.5) is 0 Å². The van der Waals surface area contributed by atoms with Crippen molar-refractivity contribution in [3.05, 3.63) is 36.2 Å². The Kier molecular flexibility index (Phi) is 3.99. The number of nitrogens with zero attached hydrogens (tertiary/aromatic N) is 3. The summed E-state index contributed by atoms with van der Waals surface area (Å²) in [7, 11) is 0. The standard InChI is InChI=1S/C18H19N3O4/c22-17(12-10-13(12)18(23)24)21-9-5-4-8-14(21)16-19-15(20-25-16)11-6-2-1-3-7-11/h1-3,6-7,12-14H,4-5,8-10H2,(H,23,24)/t12-,13+,14+/m0/s1. The van der Waals surface area contributed by atoms with Gasteiger partial charge in [0, 0.05) is 12.1 Å². The van der Waals surface area contributed by atoms with Crippen molar-refractivity contribution in [3.8, 4) is 11.4 Å². The number of carboxylic acid groups (broad SMARTS) is 1. The van der Waals surface area contributed by atoms with Crippen LogP contribution in [0.1, 0.15) is 37.6 Å². The molecular formula is C18H19N3O4. The monoisotopic (exact) mass is 341 g/mol. The highest BCUT2D eigenvalue weighted by Crippen LogP contribution is 2.43. The van der Waals surface area contributed by atoms with Crippen molar-refractivity contribution in [2.24, 2.45) is 11.8 Å². The van der Waals surface area contributed by atoms with Gasteiger partial charge in [0.15, 0.2) is 0 Å². The van der Waals surface area contributed by atoms with Crippen LogP contribution in [0.3, 0.4) is 0 Å². The average Bonchev–Trinajstić information content (AvgIpc) is 3.31. The molecule has 1 saturated heterocycles. The summed E-state index contributed by atoms with van der Waals surface area (Å²) in [6, 6.07) is 9.27. The van der Waals surface area contributed by atoms with Gasteiger partial charge in [0.05, 0.1) is 11.8 Å². The zero-order valence-corrected chi connectivity index (χ0v) is 13.7. The highest BCUT2D eigenvalue weighted by Gasteiger charge is 2.51. The van der Waals surface area contributed by atoms with E-state index in [9.17, 15) is 9.59 Å². The predicted octanol–water partition coefficient (Wildman–Crippen LogP) is 2.51. The summed E-state index contributed by atoms with van der Waals surface area (Å²) in [5.41, 5.74) is 0.860. The Balaban J connectivity index is 1.55. The van der Waals surface area contributed by atoms with E-state index in [2.05, 4.69) is 10.1 Å². The Hall–Kier alpha value is -2.70. The second-order valence-corrected chi connectivity index (χ2v) is 6.65. The van der Waals surface area contributed by atoms with Gasteiger partial charge < -0.3 is 14.5 Å². The lowest BCUT2D eigenvalue weighted by Crippen LogP contribution is -2.40. The van der Waals surface area contributed by atoms with Crippen molar-refractivity contribution >= 4 is 11.9 Å². The lowest BCUT2D eigenvalue weighted by molar-refractivity contribution is -0.143. The minimum atomic E-state index is -0.893. The fourth-order valence-electron chi connectivity index (χ4n) is 3.48. The van der Waals surface area contributed by atoms with Gasteiger partial charge in [-0.15, -0.1) is 0 Å². The highest BCUT2D eigenvalue weighted by atomic mass is 16.5. The van der Waals surface area contributed by atoms with Gasteiger partial charge in [-0.2, -0.15) is 4.98 Å². The van der Waals surface area contributed by atoms with Crippen LogP contribution in [0.5, 0.6) is 0 Å². The van der Waals surface area contributed by atoms with Gasteiger partial charge in [0.2, 0.25) is 17.6 Å². The fraction of sp³-hybridized carbons (Fsp3) is 0.444. The number of aliphatic carboxylic acids is 1. The third kappa shape index (κ3) is 3.01. The molecule has 1 amide bonds. The molecule has 2 aliphatic rings. The molecule has 1 saturated carbocycles. The molecule has 25 heavy (non-hydrogen) atoms. The lowest BCUT2D eigenvalue weighted by atomic mass is 10.0. The summed E-state index contributed by atoms with van der Waals surface area (Å²) in [6.45, 7) is 0.607. The molecule has 4 rings (SSSR count). The zero-order valence-electron chi connectivity index (χ0n) is 13.7. The van der Waals surface area contributed by atoms with Crippen LogP contribution in [-0.4, -0.2) is 38.6 Å². The van der Waals surface area contributed by atoms with Crippen molar-refractivity contribution < 1.29 is 19.2 Å². The summed E-state index contributed by atoms with van der Waals surface area (Å²) >= 11 is 0. The maximum absolute atomic E-state index is 12.7. The number of aromatic nitrogens is 2. The highest BCUT2D eigenvalue weighted by molar-refractivity contribution is 5.89. The van der Waals surface area contributed by atoms with Gasteiger partial charge in [-0.3, -0.25) is 9.59 Å². The number of hydrogen-bond acceptors (Lipinski definition) is 5. The topological polar surface area (TPSA) is 96.5 Å². The Morgan fingerprint density at radius 1 is 1.16 bits per heavy atom. The van der Waals surface area contributed by atoms with Crippen LogP contribution < -0.4 is 0 Å². The van der Waals surface area contributed by atoms with E-state index >= 15 is 0 Å². The van der Waals surface area contributed by atoms with Crippen molar-refractivity contribution in [1.29, 1.82) is 0 Å². The Labute approximate surface area is 144 Å². The van der Waals surface area contributed by atoms with Gasteiger partial charge in [-0.25, -0.2) is 0 Å². The maximum atomic E-state index is 12.7. The smallest absolute Gasteiger partial charge is 0.307 e. The molecular weight excluding hydrogens is 322 g/mol. The van der Waals surface area contributed by atoms with E-state index in [0.29, 0.717) is 24.7 Å². The first-order valence-corrected chi connectivity index (χ1v) is 8.57. The number of carbonyl (C=O) groups excluding carboxylic acids is 1. The molecule has 7 nitrogen and oxygen atoms in total. The normalized spacial score (nSPS) is 25.6. The Bertz CT molecular complexity index is 789. The predicted molar refractivity (Wildman–Crippen MR) is 87.3 cm³/mol. The number of carboxylic acids is 1. The molecule has 1 N–H and O–H groups in total. The first-order valence-electron chi connectivity index (χ1n) is 8.57. The van der Waals surface area contributed by atoms with Crippen molar-refractivity contribution in [1.82, 2.24) is 15.0 Å². The van der Waals surface area contributed by atoms with E-state index < -0.39 is 17.8 Å². The van der Waals surface area contributed by atoms with Gasteiger partial charge in [0.25, 0.3) is 0 Å². The molecule has 1 aromatic heterocycles. The van der Waals surface area contributed by atoms with Gasteiger partial charge in [0.1, 0.15) is 6.04 Å². The van der Waals surface area contributed by atoms with Crippen LogP contribution in [-0.2, 0) is 9.59 Å². The number of amides is 1. The molecule has 2 heterocycles. The first-order chi connectivity index (χ1) is 12.1. The third-order valence-corrected chi connectivity index (χ3v) is 4.97. The molecule has 0 spiro atoms. The summed E-state index contributed by atoms with van der Waals surface area (Å²) in [4.78, 5) is 30.0. The molecule has 2 fully saturated rings. The fourth-order valence-corrected chi connectivity index (χ4v) is 3.48. The van der Waals surface area contributed by atoms with Crippen molar-refractivity contribution in [3.63, 3.8) is 0 Å². The molecule has 1 aliphatic carbocycles. The number of likely N-dealkylation sites (tertiary alicyclic amines) is 1. The summed E-state index contributed by atoms with van der Waals surface area (Å²) < 4.78 is 5.44. The lowest BCUT2D eigenvalue weighted by Gasteiger charge is -2.33. The number of hydrogen-bond donors (Lipinski definition) is 1. The zero-order chi connectivity index (χ0) is 17.4. The largest absolute Gasteiger partial charge is 0.481 e. The van der Waals surface area contributed by atoms with Crippen LogP contribution >= 0.6 is 0 Å². The molecule has 2 aromatic rings. The van der Waals surface area contributed by atoms with Crippen LogP contribution in [0.15, 0.2) is 34.9 Å². The maximum Gasteiger partial charge on any atom is 0.307 e. The van der Waals surface area contributed by atoms with Gasteiger partial charge in [-0.1, -0.05) is 35.5 Å². The van der Waals surface area contributed by atoms with E-state index in [0.717, 1.165) is 24.8 Å². The average molecular weight is 341 g/mol. The number of rotatable bonds is 4. The van der Waals surface area contributed by atoms with E-state index in [4.69, 9.17) is 9.63 Å². The minimum absolute atomic E-state index is 0.100. The summed E-state index contributed by atoms with van der Waals surface area (Å²) in [5, 5.41) is 13.1. The second kappa shape index (κ2) is 6.31. The van der Waals surface area contributed by atoms with E-state index in [1.54, 1.807) is 4.90 Å². The quantitative estimate of drug-likeness (QED) is 0.918. The first kappa shape index (κ1) is 15.8. The van der Waals surface area contributed by atoms with Crippen LogP contribution in [0, 0.1) is 11.8 Å². The molecule has 0 unspecified atom stereocenters. The van der Waals surface area contributed by atoms with E-state index in [1.165, 1.54) is 0 Å².